The molecule has 1 heteroatoms. The average Bonchev–Trinajstić information content (AvgIpc) is 1.97. The Bertz CT molecular complexity index is 66.8. The highest BCUT2D eigenvalue weighted by Crippen LogP contribution is 2.13. The Labute approximate surface area is 66.9 Å². The molecule has 0 aromatic carbocycles. The maximum absolute atomic E-state index is 2.31. The molecule has 0 aliphatic carbocycles. The Balaban J connectivity index is 2.89. The van der Waals surface area contributed by atoms with E-state index in [0.29, 0.717) is 0 Å². The van der Waals surface area contributed by atoms with Crippen molar-refractivity contribution in [2.24, 2.45) is 0 Å². The van der Waals surface area contributed by atoms with Crippen LogP contribution in [0.1, 0.15) is 39.5 Å². The van der Waals surface area contributed by atoms with E-state index < -0.39 is 0 Å². The van der Waals surface area contributed by atoms with Crippen molar-refractivity contribution < 1.29 is 0 Å². The summed E-state index contributed by atoms with van der Waals surface area (Å²) < 4.78 is 0. The largest absolute Gasteiger partial charge is 0.0837 e. The van der Waals surface area contributed by atoms with E-state index in [2.05, 4.69) is 25.7 Å². The zero-order valence-electron chi connectivity index (χ0n) is 7.14. The van der Waals surface area contributed by atoms with Gasteiger partial charge in [-0.3, -0.25) is 0 Å². The van der Waals surface area contributed by atoms with E-state index in [9.17, 15) is 0 Å². The van der Waals surface area contributed by atoms with Gasteiger partial charge in [0.1, 0.15) is 0 Å². The van der Waals surface area contributed by atoms with Gasteiger partial charge < -0.3 is 0 Å². The van der Waals surface area contributed by atoms with Crippen molar-refractivity contribution in [2.75, 3.05) is 6.16 Å². The van der Waals surface area contributed by atoms with Gasteiger partial charge in [0.05, 0.1) is 0 Å². The van der Waals surface area contributed by atoms with Crippen LogP contribution in [-0.4, -0.2) is 6.16 Å². The summed E-state index contributed by atoms with van der Waals surface area (Å²) in [6.07, 6.45) is 8.86. The number of allylic oxidation sites excluding steroid dienone is 1. The van der Waals surface area contributed by atoms with Crippen molar-refractivity contribution in [3.63, 3.8) is 0 Å². The Morgan fingerprint density at radius 1 is 1.20 bits per heavy atom. The zero-order valence-corrected chi connectivity index (χ0v) is 8.03. The van der Waals surface area contributed by atoms with E-state index in [1.165, 1.54) is 40.4 Å². The molecule has 0 bridgehead atoms. The summed E-state index contributed by atoms with van der Waals surface area (Å²) in [5.41, 5.74) is 0. The predicted molar refractivity (Wildman–Crippen MR) is 50.7 cm³/mol. The van der Waals surface area contributed by atoms with Gasteiger partial charge in [0.2, 0.25) is 0 Å². The first-order chi connectivity index (χ1) is 4.91. The summed E-state index contributed by atoms with van der Waals surface area (Å²) in [6, 6.07) is 0. The van der Waals surface area contributed by atoms with Gasteiger partial charge in [-0.1, -0.05) is 53.6 Å². The lowest BCUT2D eigenvalue weighted by Gasteiger charge is -1.88. The van der Waals surface area contributed by atoms with E-state index in [-0.39, 0.29) is 0 Å². The van der Waals surface area contributed by atoms with E-state index in [0.717, 1.165) is 0 Å². The number of rotatable bonds is 6. The number of hydrogen-bond donors (Lipinski definition) is 0. The maximum atomic E-state index is 2.31. The summed E-state index contributed by atoms with van der Waals surface area (Å²) >= 11 is 0. The minimum absolute atomic E-state index is 1.27. The van der Waals surface area contributed by atoms with Gasteiger partial charge in [-0.2, -0.15) is 0 Å². The second-order valence-corrected chi connectivity index (χ2v) is 3.54. The Hall–Kier alpha value is 0.170. The minimum Gasteiger partial charge on any atom is -0.0837 e. The van der Waals surface area contributed by atoms with Crippen LogP contribution in [0.5, 0.6) is 0 Å². The number of unbranched alkanes of at least 4 members (excludes halogenated alkanes) is 2. The summed E-state index contributed by atoms with van der Waals surface area (Å²) in [5.74, 6) is 2.29. The molecule has 0 unspecified atom stereocenters. The van der Waals surface area contributed by atoms with Crippen molar-refractivity contribution >= 4 is 8.58 Å². The molecular weight excluding hydrogens is 139 g/mol. The third kappa shape index (κ3) is 8.17. The average molecular weight is 157 g/mol. The molecule has 1 radical (unpaired) electrons. The van der Waals surface area contributed by atoms with Crippen LogP contribution in [0, 0.1) is 0 Å². The third-order valence-electron chi connectivity index (χ3n) is 1.29. The first kappa shape index (κ1) is 10.2. The topological polar surface area (TPSA) is 0 Å². The Kier molecular flexibility index (Phi) is 9.33. The molecule has 0 spiro atoms. The lowest BCUT2D eigenvalue weighted by molar-refractivity contribution is 0.815. The summed E-state index contributed by atoms with van der Waals surface area (Å²) in [5, 5.41) is 0. The molecule has 10 heavy (non-hydrogen) atoms. The monoisotopic (exact) mass is 157 g/mol. The van der Waals surface area contributed by atoms with Crippen LogP contribution in [0.4, 0.5) is 0 Å². The van der Waals surface area contributed by atoms with Crippen LogP contribution in [0.15, 0.2) is 11.9 Å². The normalized spacial score (nSPS) is 12.2. The molecule has 0 aliphatic heterocycles. The first-order valence-corrected chi connectivity index (χ1v) is 5.38. The van der Waals surface area contributed by atoms with Crippen molar-refractivity contribution in [2.45, 2.75) is 39.5 Å². The van der Waals surface area contributed by atoms with Gasteiger partial charge in [-0.15, -0.1) is 0 Å². The Morgan fingerprint density at radius 2 is 2.00 bits per heavy atom. The van der Waals surface area contributed by atoms with Gasteiger partial charge in [-0.25, -0.2) is 0 Å². The van der Waals surface area contributed by atoms with Crippen molar-refractivity contribution in [3.05, 3.63) is 11.9 Å². The van der Waals surface area contributed by atoms with Gasteiger partial charge in [-0.05, 0) is 12.6 Å². The van der Waals surface area contributed by atoms with E-state index >= 15 is 0 Å². The van der Waals surface area contributed by atoms with Crippen LogP contribution in [-0.2, 0) is 0 Å². The summed E-state index contributed by atoms with van der Waals surface area (Å²) in [6.45, 7) is 4.46. The van der Waals surface area contributed by atoms with Gasteiger partial charge in [0.25, 0.3) is 0 Å². The molecule has 0 saturated heterocycles. The molecule has 59 valence electrons. The second-order valence-electron chi connectivity index (χ2n) is 2.43. The smallest absolute Gasteiger partial charge is 0.0252 e. The van der Waals surface area contributed by atoms with Crippen LogP contribution in [0.25, 0.3) is 0 Å². The molecule has 0 rings (SSSR count). The molecule has 0 amide bonds. The second kappa shape index (κ2) is 9.17. The lowest BCUT2D eigenvalue weighted by Crippen LogP contribution is -1.66. The van der Waals surface area contributed by atoms with Crippen LogP contribution < -0.4 is 0 Å². The molecule has 0 aliphatic rings. The lowest BCUT2D eigenvalue weighted by atomic mass is 10.2. The highest BCUT2D eigenvalue weighted by Gasteiger charge is 1.79. The maximum Gasteiger partial charge on any atom is -0.0252 e. The van der Waals surface area contributed by atoms with E-state index in [1.807, 2.05) is 0 Å². The molecule has 0 saturated carbocycles. The fraction of sp³-hybridized carbons (Fsp3) is 0.778. The van der Waals surface area contributed by atoms with Crippen LogP contribution >= 0.6 is 8.58 Å². The van der Waals surface area contributed by atoms with Crippen LogP contribution in [0.3, 0.4) is 0 Å². The van der Waals surface area contributed by atoms with E-state index in [4.69, 9.17) is 0 Å². The standard InChI is InChI=1S/C9H18P/c1-3-5-6-7-9-10-8-4-2/h7,9H,3-6,8H2,1-2H3/b9-7+. The molecular formula is C9H18P. The molecule has 0 atom stereocenters. The molecule has 0 aromatic rings. The first-order valence-electron chi connectivity index (χ1n) is 4.23. The molecule has 0 nitrogen and oxygen atoms in total. The van der Waals surface area contributed by atoms with E-state index in [1.54, 1.807) is 0 Å². The van der Waals surface area contributed by atoms with Crippen molar-refractivity contribution in [1.29, 1.82) is 0 Å². The zero-order chi connectivity index (χ0) is 7.66. The minimum atomic E-state index is 1.27. The fourth-order valence-electron chi connectivity index (χ4n) is 0.675. The van der Waals surface area contributed by atoms with Gasteiger partial charge in [0.15, 0.2) is 0 Å². The van der Waals surface area contributed by atoms with Crippen LogP contribution in [0.2, 0.25) is 0 Å². The van der Waals surface area contributed by atoms with Gasteiger partial charge in [0, 0.05) is 0 Å². The molecule has 0 N–H and O–H groups in total. The fourth-order valence-corrected chi connectivity index (χ4v) is 1.38. The molecule has 0 fully saturated rings. The highest BCUT2D eigenvalue weighted by molar-refractivity contribution is 7.41. The Morgan fingerprint density at radius 3 is 2.60 bits per heavy atom. The molecule has 0 heterocycles. The summed E-state index contributed by atoms with van der Waals surface area (Å²) in [4.78, 5) is 0. The molecule has 0 aromatic heterocycles. The van der Waals surface area contributed by atoms with Crippen molar-refractivity contribution in [1.82, 2.24) is 0 Å². The predicted octanol–water partition coefficient (Wildman–Crippen LogP) is 4.05. The highest BCUT2D eigenvalue weighted by atomic mass is 31.1. The summed E-state index contributed by atoms with van der Waals surface area (Å²) in [7, 11) is 1.49. The van der Waals surface area contributed by atoms with Gasteiger partial charge >= 0.3 is 0 Å². The number of hydrogen-bond acceptors (Lipinski definition) is 0. The SMILES string of the molecule is CCCC/C=C/[P]CCC. The third-order valence-corrected chi connectivity index (χ3v) is 2.41. The van der Waals surface area contributed by atoms with Crippen molar-refractivity contribution in [3.8, 4) is 0 Å². The quantitative estimate of drug-likeness (QED) is 0.403.